The van der Waals surface area contributed by atoms with Gasteiger partial charge in [-0.05, 0) is 62.9 Å². The van der Waals surface area contributed by atoms with Crippen LogP contribution in [0.15, 0.2) is 53.7 Å². The van der Waals surface area contributed by atoms with Crippen molar-refractivity contribution in [3.8, 4) is 5.75 Å². The highest BCUT2D eigenvalue weighted by atomic mass is 32.2. The number of carbonyl (C=O) groups is 1. The molecule has 3 aromatic rings. The van der Waals surface area contributed by atoms with Crippen LogP contribution in [0.2, 0.25) is 0 Å². The van der Waals surface area contributed by atoms with E-state index in [1.807, 2.05) is 31.2 Å². The standard InChI is InChI=1S/C24H28N4O2S/c1-4-28-23(21-14-20(21)17-8-6-16(3)7-9-17)26-27-24(28)31-15-22(29)25-18-10-12-19(13-11-18)30-5-2/h6-13,20-21H,4-5,14-15H2,1-3H3,(H,25,29)/t20-,21-/m0/s1. The van der Waals surface area contributed by atoms with Gasteiger partial charge in [0.15, 0.2) is 5.16 Å². The zero-order valence-corrected chi connectivity index (χ0v) is 19.0. The van der Waals surface area contributed by atoms with Gasteiger partial charge in [0, 0.05) is 18.2 Å². The Labute approximate surface area is 187 Å². The highest BCUT2D eigenvalue weighted by molar-refractivity contribution is 7.99. The van der Waals surface area contributed by atoms with Crippen molar-refractivity contribution < 1.29 is 9.53 Å². The van der Waals surface area contributed by atoms with Crippen LogP contribution in [0.25, 0.3) is 0 Å². The lowest BCUT2D eigenvalue weighted by Crippen LogP contribution is -2.14. The molecule has 0 radical (unpaired) electrons. The summed E-state index contributed by atoms with van der Waals surface area (Å²) in [4.78, 5) is 12.4. The number of aryl methyl sites for hydroxylation is 1. The van der Waals surface area contributed by atoms with Gasteiger partial charge in [0.25, 0.3) is 0 Å². The van der Waals surface area contributed by atoms with Crippen molar-refractivity contribution in [2.75, 3.05) is 17.7 Å². The minimum Gasteiger partial charge on any atom is -0.494 e. The molecule has 4 rings (SSSR count). The van der Waals surface area contributed by atoms with Gasteiger partial charge in [0.05, 0.1) is 12.4 Å². The van der Waals surface area contributed by atoms with Gasteiger partial charge in [-0.1, -0.05) is 41.6 Å². The molecule has 0 spiro atoms. The first kappa shape index (κ1) is 21.4. The largest absolute Gasteiger partial charge is 0.494 e. The van der Waals surface area contributed by atoms with Gasteiger partial charge in [-0.3, -0.25) is 4.79 Å². The van der Waals surface area contributed by atoms with E-state index >= 15 is 0 Å². The lowest BCUT2D eigenvalue weighted by molar-refractivity contribution is -0.113. The van der Waals surface area contributed by atoms with E-state index in [1.54, 1.807) is 0 Å². The smallest absolute Gasteiger partial charge is 0.234 e. The number of rotatable bonds is 9. The number of hydrogen-bond donors (Lipinski definition) is 1. The molecule has 1 aliphatic carbocycles. The molecule has 1 fully saturated rings. The summed E-state index contributed by atoms with van der Waals surface area (Å²) in [6, 6.07) is 16.2. The van der Waals surface area contributed by atoms with E-state index in [0.717, 1.165) is 35.4 Å². The molecule has 1 amide bonds. The van der Waals surface area contributed by atoms with E-state index in [-0.39, 0.29) is 11.7 Å². The highest BCUT2D eigenvalue weighted by Gasteiger charge is 2.43. The SMILES string of the molecule is CCOc1ccc(NC(=O)CSc2nnc([C@H]3C[C@H]3c3ccc(C)cc3)n2CC)cc1. The van der Waals surface area contributed by atoms with Crippen LogP contribution >= 0.6 is 11.8 Å². The maximum Gasteiger partial charge on any atom is 0.234 e. The Bertz CT molecular complexity index is 1030. The van der Waals surface area contributed by atoms with E-state index in [2.05, 4.69) is 58.2 Å². The van der Waals surface area contributed by atoms with Crippen molar-refractivity contribution in [3.05, 3.63) is 65.5 Å². The third-order valence-electron chi connectivity index (χ3n) is 5.47. The maximum absolute atomic E-state index is 12.4. The molecule has 162 valence electrons. The molecular weight excluding hydrogens is 408 g/mol. The first-order valence-corrected chi connectivity index (χ1v) is 11.7. The van der Waals surface area contributed by atoms with Crippen LogP contribution in [0.4, 0.5) is 5.69 Å². The van der Waals surface area contributed by atoms with Gasteiger partial charge < -0.3 is 14.6 Å². The Morgan fingerprint density at radius 2 is 1.84 bits per heavy atom. The highest BCUT2D eigenvalue weighted by Crippen LogP contribution is 2.54. The average Bonchev–Trinajstić information content (AvgIpc) is 3.46. The number of nitrogens with zero attached hydrogens (tertiary/aromatic N) is 3. The summed E-state index contributed by atoms with van der Waals surface area (Å²) in [6.45, 7) is 7.56. The van der Waals surface area contributed by atoms with Crippen molar-refractivity contribution in [3.63, 3.8) is 0 Å². The van der Waals surface area contributed by atoms with E-state index in [0.29, 0.717) is 18.4 Å². The molecule has 1 aliphatic rings. The number of amides is 1. The number of carbonyl (C=O) groups excluding carboxylic acids is 1. The van der Waals surface area contributed by atoms with E-state index < -0.39 is 0 Å². The van der Waals surface area contributed by atoms with Crippen molar-refractivity contribution >= 4 is 23.4 Å². The molecule has 7 heteroatoms. The van der Waals surface area contributed by atoms with Crippen molar-refractivity contribution in [1.82, 2.24) is 14.8 Å². The Morgan fingerprint density at radius 1 is 1.10 bits per heavy atom. The van der Waals surface area contributed by atoms with Gasteiger partial charge in [0.1, 0.15) is 11.6 Å². The van der Waals surface area contributed by atoms with Gasteiger partial charge >= 0.3 is 0 Å². The third-order valence-corrected chi connectivity index (χ3v) is 6.44. The zero-order chi connectivity index (χ0) is 21.8. The van der Waals surface area contributed by atoms with Crippen LogP contribution in [0.1, 0.15) is 49.1 Å². The number of aromatic nitrogens is 3. The van der Waals surface area contributed by atoms with Gasteiger partial charge in [-0.2, -0.15) is 0 Å². The summed E-state index contributed by atoms with van der Waals surface area (Å²) in [5.74, 6) is 2.96. The number of thioether (sulfide) groups is 1. The summed E-state index contributed by atoms with van der Waals surface area (Å²) in [7, 11) is 0. The van der Waals surface area contributed by atoms with Gasteiger partial charge in [-0.25, -0.2) is 0 Å². The van der Waals surface area contributed by atoms with Crippen molar-refractivity contribution in [2.24, 2.45) is 0 Å². The minimum atomic E-state index is -0.0645. The normalized spacial score (nSPS) is 17.4. The van der Waals surface area contributed by atoms with Crippen LogP contribution in [0, 0.1) is 6.92 Å². The van der Waals surface area contributed by atoms with Crippen LogP contribution in [0.3, 0.4) is 0 Å². The van der Waals surface area contributed by atoms with Crippen molar-refractivity contribution in [1.29, 1.82) is 0 Å². The second kappa shape index (κ2) is 9.56. The molecular formula is C24H28N4O2S. The van der Waals surface area contributed by atoms with E-state index in [9.17, 15) is 4.79 Å². The molecule has 1 heterocycles. The third kappa shape index (κ3) is 5.10. The fourth-order valence-corrected chi connectivity index (χ4v) is 4.58. The minimum absolute atomic E-state index is 0.0645. The fourth-order valence-electron chi connectivity index (χ4n) is 3.77. The maximum atomic E-state index is 12.4. The first-order valence-electron chi connectivity index (χ1n) is 10.7. The zero-order valence-electron chi connectivity index (χ0n) is 18.2. The predicted molar refractivity (Wildman–Crippen MR) is 124 cm³/mol. The predicted octanol–water partition coefficient (Wildman–Crippen LogP) is 5.01. The fraction of sp³-hybridized carbons (Fsp3) is 0.375. The molecule has 2 aromatic carbocycles. The molecule has 1 N–H and O–H groups in total. The van der Waals surface area contributed by atoms with Crippen LogP contribution in [-0.2, 0) is 11.3 Å². The average molecular weight is 437 g/mol. The van der Waals surface area contributed by atoms with Gasteiger partial charge in [0.2, 0.25) is 5.91 Å². The van der Waals surface area contributed by atoms with Crippen molar-refractivity contribution in [2.45, 2.75) is 50.7 Å². The molecule has 0 unspecified atom stereocenters. The number of benzene rings is 2. The monoisotopic (exact) mass is 436 g/mol. The van der Waals surface area contributed by atoms with Crippen LogP contribution in [-0.4, -0.2) is 33.0 Å². The molecule has 0 aliphatic heterocycles. The van der Waals surface area contributed by atoms with Gasteiger partial charge in [-0.15, -0.1) is 10.2 Å². The summed E-state index contributed by atoms with van der Waals surface area (Å²) in [5, 5.41) is 12.6. The topological polar surface area (TPSA) is 69.0 Å². The Hall–Kier alpha value is -2.80. The first-order chi connectivity index (χ1) is 15.1. The summed E-state index contributed by atoms with van der Waals surface area (Å²) >= 11 is 1.43. The lowest BCUT2D eigenvalue weighted by Gasteiger charge is -2.08. The summed E-state index contributed by atoms with van der Waals surface area (Å²) in [5.41, 5.74) is 3.40. The molecule has 1 saturated carbocycles. The second-order valence-corrected chi connectivity index (χ2v) is 8.68. The quantitative estimate of drug-likeness (QED) is 0.478. The number of nitrogens with one attached hydrogen (secondary N) is 1. The molecule has 2 atom stereocenters. The van der Waals surface area contributed by atoms with Crippen LogP contribution in [0.5, 0.6) is 5.75 Å². The molecule has 0 bridgehead atoms. The Morgan fingerprint density at radius 3 is 2.52 bits per heavy atom. The molecule has 0 saturated heterocycles. The number of anilines is 1. The summed E-state index contributed by atoms with van der Waals surface area (Å²) in [6.07, 6.45) is 1.10. The summed E-state index contributed by atoms with van der Waals surface area (Å²) < 4.78 is 7.58. The van der Waals surface area contributed by atoms with E-state index in [1.165, 1.54) is 22.9 Å². The van der Waals surface area contributed by atoms with E-state index in [4.69, 9.17) is 4.74 Å². The Kier molecular flexibility index (Phi) is 6.61. The molecule has 6 nitrogen and oxygen atoms in total. The number of hydrogen-bond acceptors (Lipinski definition) is 5. The molecule has 31 heavy (non-hydrogen) atoms. The second-order valence-electron chi connectivity index (χ2n) is 7.74. The van der Waals surface area contributed by atoms with Crippen LogP contribution < -0.4 is 10.1 Å². The Balaban J connectivity index is 1.35. The molecule has 1 aromatic heterocycles. The number of ether oxygens (including phenoxy) is 1. The lowest BCUT2D eigenvalue weighted by atomic mass is 10.1.